The summed E-state index contributed by atoms with van der Waals surface area (Å²) < 4.78 is 2.50. The quantitative estimate of drug-likeness (QED) is 0.777. The van der Waals surface area contributed by atoms with E-state index in [1.54, 1.807) is 12.1 Å². The molecule has 3 aromatic rings. The smallest absolute Gasteiger partial charge is 0.282 e. The minimum absolute atomic E-state index is 0.0290. The van der Waals surface area contributed by atoms with Crippen molar-refractivity contribution in [3.05, 3.63) is 63.4 Å². The molecule has 1 aromatic heterocycles. The molecule has 0 bridgehead atoms. The molecule has 0 saturated carbocycles. The van der Waals surface area contributed by atoms with Crippen molar-refractivity contribution in [3.63, 3.8) is 0 Å². The van der Waals surface area contributed by atoms with Crippen LogP contribution in [0.3, 0.4) is 0 Å². The van der Waals surface area contributed by atoms with Gasteiger partial charge in [-0.2, -0.15) is 4.07 Å². The van der Waals surface area contributed by atoms with Gasteiger partial charge in [0.05, 0.1) is 15.8 Å². The highest BCUT2D eigenvalue weighted by atomic mass is 35.5. The van der Waals surface area contributed by atoms with Crippen molar-refractivity contribution in [3.8, 4) is 0 Å². The predicted molar refractivity (Wildman–Crippen MR) is 81.3 cm³/mol. The summed E-state index contributed by atoms with van der Waals surface area (Å²) in [6.45, 7) is 1.98. The second-order valence-electron chi connectivity index (χ2n) is 4.31. The molecule has 0 fully saturated rings. The second kappa shape index (κ2) is 4.72. The average Bonchev–Trinajstić information content (AvgIpc) is 2.70. The van der Waals surface area contributed by atoms with Crippen molar-refractivity contribution < 1.29 is 0 Å². The third kappa shape index (κ3) is 2.37. The monoisotopic (exact) mass is 290 g/mol. The molecule has 19 heavy (non-hydrogen) atoms. The molecular weight excluding hydrogens is 280 g/mol. The largest absolute Gasteiger partial charge is 0.287 e. The standard InChI is InChI=1S/C14H11ClN2OS/c1-9-2-7-13-12(8-9)14(18)17(19-13)16-11-5-3-10(15)4-6-11/h2-8,16H,1H3. The molecule has 0 aliphatic carbocycles. The lowest BCUT2D eigenvalue weighted by atomic mass is 10.2. The van der Waals surface area contributed by atoms with Crippen molar-refractivity contribution >= 4 is 38.9 Å². The molecule has 2 aromatic carbocycles. The molecule has 1 N–H and O–H groups in total. The maximum absolute atomic E-state index is 12.2. The van der Waals surface area contributed by atoms with Gasteiger partial charge in [-0.25, -0.2) is 0 Å². The van der Waals surface area contributed by atoms with Crippen LogP contribution in [0.1, 0.15) is 5.56 Å². The number of aryl methyl sites for hydroxylation is 1. The van der Waals surface area contributed by atoms with E-state index in [2.05, 4.69) is 5.43 Å². The fourth-order valence-electron chi connectivity index (χ4n) is 1.86. The second-order valence-corrected chi connectivity index (χ2v) is 5.73. The molecule has 0 unspecified atom stereocenters. The summed E-state index contributed by atoms with van der Waals surface area (Å²) in [4.78, 5) is 12.2. The highest BCUT2D eigenvalue weighted by Gasteiger charge is 2.07. The minimum atomic E-state index is -0.0290. The SMILES string of the molecule is Cc1ccc2sn(Nc3ccc(Cl)cc3)c(=O)c2c1. The zero-order valence-corrected chi connectivity index (χ0v) is 11.8. The van der Waals surface area contributed by atoms with Gasteiger partial charge in [0.25, 0.3) is 5.56 Å². The van der Waals surface area contributed by atoms with E-state index in [-0.39, 0.29) is 5.56 Å². The molecule has 0 amide bonds. The normalized spacial score (nSPS) is 10.8. The van der Waals surface area contributed by atoms with Crippen molar-refractivity contribution in [1.82, 2.24) is 4.07 Å². The lowest BCUT2D eigenvalue weighted by Gasteiger charge is -2.04. The number of anilines is 1. The Morgan fingerprint density at radius 1 is 1.16 bits per heavy atom. The Kier molecular flexibility index (Phi) is 3.05. The van der Waals surface area contributed by atoms with Gasteiger partial charge in [0.2, 0.25) is 0 Å². The van der Waals surface area contributed by atoms with Crippen molar-refractivity contribution in [1.29, 1.82) is 0 Å². The van der Waals surface area contributed by atoms with Gasteiger partial charge in [0.1, 0.15) is 0 Å². The molecule has 0 aliphatic rings. The van der Waals surface area contributed by atoms with E-state index in [1.165, 1.54) is 15.6 Å². The van der Waals surface area contributed by atoms with E-state index in [4.69, 9.17) is 11.6 Å². The van der Waals surface area contributed by atoms with E-state index in [0.717, 1.165) is 21.3 Å². The number of fused-ring (bicyclic) bond motifs is 1. The van der Waals surface area contributed by atoms with E-state index in [9.17, 15) is 4.79 Å². The van der Waals surface area contributed by atoms with Crippen molar-refractivity contribution in [2.45, 2.75) is 6.92 Å². The Morgan fingerprint density at radius 2 is 1.89 bits per heavy atom. The van der Waals surface area contributed by atoms with Gasteiger partial charge < -0.3 is 0 Å². The van der Waals surface area contributed by atoms with Crippen LogP contribution in [0.25, 0.3) is 10.1 Å². The minimum Gasteiger partial charge on any atom is -0.282 e. The molecule has 0 radical (unpaired) electrons. The molecule has 0 atom stereocenters. The highest BCUT2D eigenvalue weighted by molar-refractivity contribution is 7.14. The van der Waals surface area contributed by atoms with Gasteiger partial charge in [-0.15, -0.1) is 0 Å². The maximum atomic E-state index is 12.2. The fourth-order valence-corrected chi connectivity index (χ4v) is 2.88. The summed E-state index contributed by atoms with van der Waals surface area (Å²) in [5.74, 6) is 0. The Labute approximate surface area is 119 Å². The molecule has 3 nitrogen and oxygen atoms in total. The first-order chi connectivity index (χ1) is 9.13. The number of benzene rings is 2. The number of halogens is 1. The van der Waals surface area contributed by atoms with Crippen LogP contribution in [0, 0.1) is 6.92 Å². The Bertz CT molecular complexity index is 789. The Hall–Kier alpha value is -1.78. The van der Waals surface area contributed by atoms with Gasteiger partial charge in [-0.3, -0.25) is 10.2 Å². The zero-order chi connectivity index (χ0) is 13.4. The molecule has 1 heterocycles. The van der Waals surface area contributed by atoms with Gasteiger partial charge in [-0.05, 0) is 54.9 Å². The maximum Gasteiger partial charge on any atom is 0.287 e. The van der Waals surface area contributed by atoms with Gasteiger partial charge in [0, 0.05) is 5.02 Å². The van der Waals surface area contributed by atoms with Gasteiger partial charge >= 0.3 is 0 Å². The first-order valence-corrected chi connectivity index (χ1v) is 6.94. The topological polar surface area (TPSA) is 34.0 Å². The van der Waals surface area contributed by atoms with E-state index in [0.29, 0.717) is 5.02 Å². The molecule has 0 saturated heterocycles. The van der Waals surface area contributed by atoms with Crippen molar-refractivity contribution in [2.75, 3.05) is 5.43 Å². The summed E-state index contributed by atoms with van der Waals surface area (Å²) in [5, 5.41) is 1.41. The summed E-state index contributed by atoms with van der Waals surface area (Å²) in [6.07, 6.45) is 0. The van der Waals surface area contributed by atoms with Crippen LogP contribution in [0.2, 0.25) is 5.02 Å². The molecule has 3 rings (SSSR count). The number of aromatic nitrogens is 1. The number of hydrogen-bond acceptors (Lipinski definition) is 3. The highest BCUT2D eigenvalue weighted by Crippen LogP contribution is 2.19. The van der Waals surface area contributed by atoms with Crippen LogP contribution < -0.4 is 11.0 Å². The van der Waals surface area contributed by atoms with E-state index < -0.39 is 0 Å². The molecule has 0 spiro atoms. The number of rotatable bonds is 2. The van der Waals surface area contributed by atoms with Crippen molar-refractivity contribution in [2.24, 2.45) is 0 Å². The third-order valence-electron chi connectivity index (χ3n) is 2.81. The van der Waals surface area contributed by atoms with E-state index >= 15 is 0 Å². The van der Waals surface area contributed by atoms with Crippen LogP contribution in [0.15, 0.2) is 47.3 Å². The van der Waals surface area contributed by atoms with Gasteiger partial charge in [-0.1, -0.05) is 23.2 Å². The first kappa shape index (κ1) is 12.3. The predicted octanol–water partition coefficient (Wildman–Crippen LogP) is 3.90. The number of nitrogens with zero attached hydrogens (tertiary/aromatic N) is 1. The summed E-state index contributed by atoms with van der Waals surface area (Å²) in [7, 11) is 0. The van der Waals surface area contributed by atoms with Crippen LogP contribution in [0.5, 0.6) is 0 Å². The fraction of sp³-hybridized carbons (Fsp3) is 0.0714. The Balaban J connectivity index is 2.04. The Morgan fingerprint density at radius 3 is 2.63 bits per heavy atom. The number of hydrogen-bond donors (Lipinski definition) is 1. The lowest BCUT2D eigenvalue weighted by Crippen LogP contribution is -2.19. The lowest BCUT2D eigenvalue weighted by molar-refractivity contribution is 1.03. The van der Waals surface area contributed by atoms with Crippen LogP contribution >= 0.6 is 23.1 Å². The summed E-state index contributed by atoms with van der Waals surface area (Å²) in [5.41, 5.74) is 4.96. The average molecular weight is 291 g/mol. The third-order valence-corrected chi connectivity index (χ3v) is 4.06. The van der Waals surface area contributed by atoms with Crippen LogP contribution in [0.4, 0.5) is 5.69 Å². The molecule has 5 heteroatoms. The van der Waals surface area contributed by atoms with Crippen LogP contribution in [-0.2, 0) is 0 Å². The van der Waals surface area contributed by atoms with Gasteiger partial charge in [0.15, 0.2) is 0 Å². The molecular formula is C14H11ClN2OS. The molecule has 0 aliphatic heterocycles. The summed E-state index contributed by atoms with van der Waals surface area (Å²) in [6, 6.07) is 13.1. The zero-order valence-electron chi connectivity index (χ0n) is 10.2. The van der Waals surface area contributed by atoms with E-state index in [1.807, 2.05) is 37.3 Å². The molecule has 96 valence electrons. The summed E-state index contributed by atoms with van der Waals surface area (Å²) >= 11 is 7.23. The first-order valence-electron chi connectivity index (χ1n) is 5.79. The number of nitrogens with one attached hydrogen (secondary N) is 1. The van der Waals surface area contributed by atoms with Crippen LogP contribution in [-0.4, -0.2) is 4.07 Å².